The van der Waals surface area contributed by atoms with Gasteiger partial charge < -0.3 is 14.7 Å². The number of aryl methyl sites for hydroxylation is 1. The number of amides is 1. The van der Waals surface area contributed by atoms with E-state index in [0.29, 0.717) is 30.9 Å². The minimum atomic E-state index is -0.337. The Labute approximate surface area is 180 Å². The van der Waals surface area contributed by atoms with Crippen molar-refractivity contribution in [2.45, 2.75) is 32.0 Å². The summed E-state index contributed by atoms with van der Waals surface area (Å²) in [6, 6.07) is 12.0. The third kappa shape index (κ3) is 4.81. The normalized spacial score (nSPS) is 14.5. The van der Waals surface area contributed by atoms with Crippen LogP contribution in [0.1, 0.15) is 34.6 Å². The number of carbonyl (C=O) groups is 1. The average molecular weight is 424 g/mol. The molecule has 1 saturated heterocycles. The molecule has 2 aromatic carbocycles. The van der Waals surface area contributed by atoms with Gasteiger partial charge >= 0.3 is 0 Å². The molecule has 4 rings (SSSR count). The van der Waals surface area contributed by atoms with Crippen LogP contribution in [0.3, 0.4) is 0 Å². The molecule has 1 aliphatic rings. The van der Waals surface area contributed by atoms with Crippen molar-refractivity contribution in [2.75, 3.05) is 13.2 Å². The van der Waals surface area contributed by atoms with Crippen LogP contribution in [0.2, 0.25) is 0 Å². The zero-order valence-corrected chi connectivity index (χ0v) is 17.4. The highest BCUT2D eigenvalue weighted by atomic mass is 19.1. The van der Waals surface area contributed by atoms with E-state index in [2.05, 4.69) is 10.1 Å². The SMILES string of the molecule is Cn1cnc(C(=O)N(Cc2ccc(F)c(-c3ccc(CO)cc3)c2)C2CCOCC2)n1. The predicted octanol–water partition coefficient (Wildman–Crippen LogP) is 2.93. The lowest BCUT2D eigenvalue weighted by Crippen LogP contribution is -2.43. The standard InChI is InChI=1S/C23H25FN4O3/c1-27-15-25-22(26-27)23(30)28(19-8-10-31-11-9-19)13-17-4-7-21(24)20(12-17)18-5-2-16(14-29)3-6-18/h2-7,12,15,19,29H,8-11,13-14H2,1H3. The molecule has 1 amide bonds. The number of hydrogen-bond donors (Lipinski definition) is 1. The van der Waals surface area contributed by atoms with Crippen LogP contribution in [0.5, 0.6) is 0 Å². The zero-order chi connectivity index (χ0) is 21.8. The molecule has 0 spiro atoms. The largest absolute Gasteiger partial charge is 0.392 e. The van der Waals surface area contributed by atoms with Crippen molar-refractivity contribution >= 4 is 5.91 Å². The van der Waals surface area contributed by atoms with E-state index in [4.69, 9.17) is 4.74 Å². The number of benzene rings is 2. The molecule has 1 aromatic heterocycles. The number of rotatable bonds is 6. The number of nitrogens with zero attached hydrogens (tertiary/aromatic N) is 4. The number of aliphatic hydroxyl groups excluding tert-OH is 1. The van der Waals surface area contributed by atoms with Gasteiger partial charge in [0.15, 0.2) is 0 Å². The molecule has 31 heavy (non-hydrogen) atoms. The maximum Gasteiger partial charge on any atom is 0.294 e. The Morgan fingerprint density at radius 2 is 1.90 bits per heavy atom. The summed E-state index contributed by atoms with van der Waals surface area (Å²) in [6.45, 7) is 1.45. The van der Waals surface area contributed by atoms with Crippen molar-refractivity contribution in [1.29, 1.82) is 0 Å². The Bertz CT molecular complexity index is 1050. The van der Waals surface area contributed by atoms with Gasteiger partial charge in [-0.25, -0.2) is 9.37 Å². The summed E-state index contributed by atoms with van der Waals surface area (Å²) in [6.07, 6.45) is 2.96. The Hall–Kier alpha value is -3.10. The van der Waals surface area contributed by atoms with Crippen LogP contribution in [0, 0.1) is 5.82 Å². The van der Waals surface area contributed by atoms with Crippen molar-refractivity contribution in [3.63, 3.8) is 0 Å². The van der Waals surface area contributed by atoms with Crippen molar-refractivity contribution in [2.24, 2.45) is 7.05 Å². The van der Waals surface area contributed by atoms with Gasteiger partial charge in [-0.05, 0) is 41.7 Å². The number of aromatic nitrogens is 3. The van der Waals surface area contributed by atoms with E-state index in [-0.39, 0.29) is 30.2 Å². The first-order chi connectivity index (χ1) is 15.0. The van der Waals surface area contributed by atoms with Gasteiger partial charge in [-0.1, -0.05) is 30.3 Å². The topological polar surface area (TPSA) is 80.5 Å². The summed E-state index contributed by atoms with van der Waals surface area (Å²) < 4.78 is 21.5. The lowest BCUT2D eigenvalue weighted by Gasteiger charge is -2.33. The first-order valence-electron chi connectivity index (χ1n) is 10.3. The molecule has 7 nitrogen and oxygen atoms in total. The lowest BCUT2D eigenvalue weighted by molar-refractivity contribution is 0.0260. The third-order valence-electron chi connectivity index (χ3n) is 5.51. The van der Waals surface area contributed by atoms with Crippen LogP contribution >= 0.6 is 0 Å². The van der Waals surface area contributed by atoms with Crippen LogP contribution in [0.25, 0.3) is 11.1 Å². The van der Waals surface area contributed by atoms with E-state index in [9.17, 15) is 14.3 Å². The fraction of sp³-hybridized carbons (Fsp3) is 0.348. The van der Waals surface area contributed by atoms with Crippen LogP contribution in [0.15, 0.2) is 48.8 Å². The number of halogens is 1. The average Bonchev–Trinajstić information content (AvgIpc) is 3.25. The van der Waals surface area contributed by atoms with Crippen LogP contribution in [0.4, 0.5) is 4.39 Å². The third-order valence-corrected chi connectivity index (χ3v) is 5.51. The molecule has 0 bridgehead atoms. The van der Waals surface area contributed by atoms with Gasteiger partial charge in [0.1, 0.15) is 12.1 Å². The van der Waals surface area contributed by atoms with E-state index in [1.54, 1.807) is 48.3 Å². The Morgan fingerprint density at radius 1 is 1.19 bits per heavy atom. The van der Waals surface area contributed by atoms with Crippen LogP contribution in [-0.2, 0) is 24.9 Å². The highest BCUT2D eigenvalue weighted by Crippen LogP contribution is 2.27. The molecule has 0 atom stereocenters. The molecule has 0 saturated carbocycles. The van der Waals surface area contributed by atoms with Crippen LogP contribution < -0.4 is 0 Å². The van der Waals surface area contributed by atoms with Gasteiger partial charge in [0.25, 0.3) is 5.91 Å². The Kier molecular flexibility index (Phi) is 6.39. The number of aliphatic hydroxyl groups is 1. The molecule has 1 N–H and O–H groups in total. The molecule has 1 aliphatic heterocycles. The highest BCUT2D eigenvalue weighted by Gasteiger charge is 2.29. The molecule has 0 aliphatic carbocycles. The predicted molar refractivity (Wildman–Crippen MR) is 112 cm³/mol. The molecule has 8 heteroatoms. The summed E-state index contributed by atoms with van der Waals surface area (Å²) in [5.41, 5.74) is 2.75. The maximum absolute atomic E-state index is 14.6. The lowest BCUT2D eigenvalue weighted by atomic mass is 10.00. The second-order valence-corrected chi connectivity index (χ2v) is 7.69. The van der Waals surface area contributed by atoms with E-state index in [1.165, 1.54) is 17.1 Å². The van der Waals surface area contributed by atoms with Crippen molar-refractivity contribution in [1.82, 2.24) is 19.7 Å². The molecule has 2 heterocycles. The minimum Gasteiger partial charge on any atom is -0.392 e. The quantitative estimate of drug-likeness (QED) is 0.658. The number of ether oxygens (including phenoxy) is 1. The first-order valence-corrected chi connectivity index (χ1v) is 10.3. The van der Waals surface area contributed by atoms with Gasteiger partial charge in [0.2, 0.25) is 5.82 Å². The molecular formula is C23H25FN4O3. The Balaban J connectivity index is 1.63. The maximum atomic E-state index is 14.6. The van der Waals surface area contributed by atoms with E-state index >= 15 is 0 Å². The minimum absolute atomic E-state index is 0.00222. The second kappa shape index (κ2) is 9.36. The van der Waals surface area contributed by atoms with Gasteiger partial charge in [-0.2, -0.15) is 0 Å². The van der Waals surface area contributed by atoms with Crippen molar-refractivity contribution < 1.29 is 19.0 Å². The number of hydrogen-bond acceptors (Lipinski definition) is 5. The molecular weight excluding hydrogens is 399 g/mol. The molecule has 0 unspecified atom stereocenters. The fourth-order valence-electron chi connectivity index (χ4n) is 3.81. The monoisotopic (exact) mass is 424 g/mol. The summed E-state index contributed by atoms with van der Waals surface area (Å²) in [4.78, 5) is 19.1. The van der Waals surface area contributed by atoms with Crippen LogP contribution in [-0.4, -0.2) is 49.9 Å². The van der Waals surface area contributed by atoms with Gasteiger partial charge in [0, 0.05) is 38.4 Å². The zero-order valence-electron chi connectivity index (χ0n) is 17.4. The number of carbonyl (C=O) groups excluding carboxylic acids is 1. The molecule has 0 radical (unpaired) electrons. The summed E-state index contributed by atoms with van der Waals surface area (Å²) in [5.74, 6) is -0.433. The second-order valence-electron chi connectivity index (χ2n) is 7.69. The first kappa shape index (κ1) is 21.1. The molecule has 162 valence electrons. The van der Waals surface area contributed by atoms with Gasteiger partial charge in [-0.15, -0.1) is 5.10 Å². The Morgan fingerprint density at radius 3 is 2.55 bits per heavy atom. The smallest absolute Gasteiger partial charge is 0.294 e. The molecule has 3 aromatic rings. The van der Waals surface area contributed by atoms with Crippen molar-refractivity contribution in [3.05, 3.63) is 71.6 Å². The fourth-order valence-corrected chi connectivity index (χ4v) is 3.81. The van der Waals surface area contributed by atoms with Gasteiger partial charge in [-0.3, -0.25) is 9.48 Å². The van der Waals surface area contributed by atoms with E-state index in [1.807, 2.05) is 0 Å². The summed E-state index contributed by atoms with van der Waals surface area (Å²) >= 11 is 0. The molecule has 1 fully saturated rings. The summed E-state index contributed by atoms with van der Waals surface area (Å²) in [5, 5.41) is 13.4. The van der Waals surface area contributed by atoms with E-state index < -0.39 is 0 Å². The van der Waals surface area contributed by atoms with Gasteiger partial charge in [0.05, 0.1) is 6.61 Å². The highest BCUT2D eigenvalue weighted by molar-refractivity contribution is 5.90. The van der Waals surface area contributed by atoms with E-state index in [0.717, 1.165) is 24.0 Å². The summed E-state index contributed by atoms with van der Waals surface area (Å²) in [7, 11) is 1.72. The van der Waals surface area contributed by atoms with Crippen molar-refractivity contribution in [3.8, 4) is 11.1 Å².